The molecule has 1 aliphatic rings. The Morgan fingerprint density at radius 1 is 1.27 bits per heavy atom. The number of nitrogens with zero attached hydrogens (tertiary/aromatic N) is 1. The first-order chi connectivity index (χ1) is 10.6. The zero-order valence-electron chi connectivity index (χ0n) is 13.2. The van der Waals surface area contributed by atoms with Crippen LogP contribution >= 0.6 is 0 Å². The third-order valence-electron chi connectivity index (χ3n) is 4.16. The van der Waals surface area contributed by atoms with Gasteiger partial charge in [0.15, 0.2) is 11.5 Å². The number of carbonyl (C=O) groups is 1. The molecule has 6 heteroatoms. The van der Waals surface area contributed by atoms with Gasteiger partial charge in [0.25, 0.3) is 0 Å². The second-order valence-electron chi connectivity index (χ2n) is 5.39. The van der Waals surface area contributed by atoms with Crippen molar-refractivity contribution in [2.45, 2.75) is 5.92 Å². The Kier molecular flexibility index (Phi) is 5.63. The van der Waals surface area contributed by atoms with Crippen LogP contribution in [0.3, 0.4) is 0 Å². The third kappa shape index (κ3) is 3.34. The van der Waals surface area contributed by atoms with Crippen molar-refractivity contribution in [1.82, 2.24) is 4.90 Å². The molecule has 2 rings (SSSR count). The summed E-state index contributed by atoms with van der Waals surface area (Å²) in [4.78, 5) is 13.7. The van der Waals surface area contributed by atoms with Crippen LogP contribution in [-0.4, -0.2) is 63.5 Å². The van der Waals surface area contributed by atoms with Gasteiger partial charge in [-0.3, -0.25) is 9.69 Å². The topological polar surface area (TPSA) is 68.2 Å². The van der Waals surface area contributed by atoms with Crippen LogP contribution in [0.4, 0.5) is 0 Å². The lowest BCUT2D eigenvalue weighted by molar-refractivity contribution is -0.141. The Balaban J connectivity index is 2.30. The van der Waals surface area contributed by atoms with E-state index in [9.17, 15) is 9.90 Å². The molecular formula is C16H23NO5. The maximum Gasteiger partial charge on any atom is 0.308 e. The molecule has 0 spiro atoms. The fraction of sp³-hybridized carbons (Fsp3) is 0.562. The van der Waals surface area contributed by atoms with Crippen molar-refractivity contribution in [3.63, 3.8) is 0 Å². The van der Waals surface area contributed by atoms with Gasteiger partial charge in [-0.2, -0.15) is 0 Å². The molecule has 1 saturated heterocycles. The molecule has 1 fully saturated rings. The Morgan fingerprint density at radius 3 is 2.64 bits per heavy atom. The van der Waals surface area contributed by atoms with Crippen molar-refractivity contribution in [2.24, 2.45) is 5.92 Å². The van der Waals surface area contributed by atoms with Gasteiger partial charge in [0, 0.05) is 38.2 Å². The minimum Gasteiger partial charge on any atom is -0.493 e. The minimum absolute atomic E-state index is 0.126. The lowest BCUT2D eigenvalue weighted by Crippen LogP contribution is -2.26. The predicted octanol–water partition coefficient (Wildman–Crippen LogP) is 1.45. The second kappa shape index (κ2) is 7.47. The normalized spacial score (nSPS) is 21.8. The summed E-state index contributed by atoms with van der Waals surface area (Å²) in [5, 5.41) is 9.55. The number of hydrogen-bond acceptors (Lipinski definition) is 5. The highest BCUT2D eigenvalue weighted by atomic mass is 16.5. The summed E-state index contributed by atoms with van der Waals surface area (Å²) in [6, 6.07) is 5.60. The van der Waals surface area contributed by atoms with E-state index in [1.165, 1.54) is 0 Å². The number of carboxylic acids is 1. The molecule has 1 aromatic rings. The zero-order chi connectivity index (χ0) is 16.1. The van der Waals surface area contributed by atoms with Crippen molar-refractivity contribution in [3.05, 3.63) is 23.8 Å². The summed E-state index contributed by atoms with van der Waals surface area (Å²) >= 11 is 0. The van der Waals surface area contributed by atoms with E-state index in [2.05, 4.69) is 4.90 Å². The average Bonchev–Trinajstić information content (AvgIpc) is 2.96. The molecular weight excluding hydrogens is 286 g/mol. The number of aliphatic carboxylic acids is 1. The third-order valence-corrected chi connectivity index (χ3v) is 4.16. The van der Waals surface area contributed by atoms with Gasteiger partial charge in [0.2, 0.25) is 0 Å². The highest BCUT2D eigenvalue weighted by molar-refractivity contribution is 5.73. The summed E-state index contributed by atoms with van der Waals surface area (Å²) in [7, 11) is 4.80. The van der Waals surface area contributed by atoms with E-state index in [-0.39, 0.29) is 5.92 Å². The van der Waals surface area contributed by atoms with Crippen LogP contribution in [-0.2, 0) is 9.53 Å². The number of rotatable bonds is 7. The first-order valence-electron chi connectivity index (χ1n) is 7.27. The van der Waals surface area contributed by atoms with Gasteiger partial charge >= 0.3 is 5.97 Å². The summed E-state index contributed by atoms with van der Waals surface area (Å²) < 4.78 is 15.9. The predicted molar refractivity (Wildman–Crippen MR) is 81.7 cm³/mol. The van der Waals surface area contributed by atoms with Crippen molar-refractivity contribution in [3.8, 4) is 11.5 Å². The molecule has 1 heterocycles. The van der Waals surface area contributed by atoms with Gasteiger partial charge < -0.3 is 19.3 Å². The lowest BCUT2D eigenvalue weighted by atomic mass is 9.88. The van der Waals surface area contributed by atoms with E-state index in [0.29, 0.717) is 31.2 Å². The first kappa shape index (κ1) is 16.6. The number of para-hydroxylation sites is 1. The summed E-state index contributed by atoms with van der Waals surface area (Å²) in [5.74, 6) is -0.124. The standard InChI is InChI=1S/C16H23NO5/c1-20-8-7-17-9-12(13(10-17)16(18)19)11-5-4-6-14(21-2)15(11)22-3/h4-6,12-13H,7-10H2,1-3H3,(H,18,19)/t12-,13+/m1/s1. The Bertz CT molecular complexity index is 519. The highest BCUT2D eigenvalue weighted by Crippen LogP contribution is 2.41. The van der Waals surface area contributed by atoms with Crippen molar-refractivity contribution in [1.29, 1.82) is 0 Å². The molecule has 1 N–H and O–H groups in total. The van der Waals surface area contributed by atoms with Crippen LogP contribution in [0.25, 0.3) is 0 Å². The summed E-state index contributed by atoms with van der Waals surface area (Å²) in [5.41, 5.74) is 0.883. The number of methoxy groups -OCH3 is 3. The molecule has 0 amide bonds. The summed E-state index contributed by atoms with van der Waals surface area (Å²) in [6.07, 6.45) is 0. The van der Waals surface area contributed by atoms with E-state index < -0.39 is 11.9 Å². The SMILES string of the molecule is COCCN1C[C@H](C(=O)O)[C@@H](c2cccc(OC)c2OC)C1. The number of likely N-dealkylation sites (tertiary alicyclic amines) is 1. The van der Waals surface area contributed by atoms with Gasteiger partial charge in [-0.25, -0.2) is 0 Å². The van der Waals surface area contributed by atoms with Crippen LogP contribution in [0.15, 0.2) is 18.2 Å². The van der Waals surface area contributed by atoms with Gasteiger partial charge in [-0.1, -0.05) is 12.1 Å². The van der Waals surface area contributed by atoms with Crippen LogP contribution in [0.2, 0.25) is 0 Å². The quantitative estimate of drug-likeness (QED) is 0.822. The number of ether oxygens (including phenoxy) is 3. The van der Waals surface area contributed by atoms with E-state index in [1.807, 2.05) is 18.2 Å². The van der Waals surface area contributed by atoms with E-state index >= 15 is 0 Å². The first-order valence-corrected chi connectivity index (χ1v) is 7.27. The molecule has 2 atom stereocenters. The lowest BCUT2D eigenvalue weighted by Gasteiger charge is -2.20. The molecule has 0 saturated carbocycles. The van der Waals surface area contributed by atoms with Gasteiger partial charge in [-0.05, 0) is 6.07 Å². The fourth-order valence-electron chi connectivity index (χ4n) is 3.06. The Morgan fingerprint density at radius 2 is 2.05 bits per heavy atom. The Labute approximate surface area is 130 Å². The van der Waals surface area contributed by atoms with Crippen molar-refractivity contribution < 1.29 is 24.1 Å². The van der Waals surface area contributed by atoms with Crippen LogP contribution in [0.5, 0.6) is 11.5 Å². The maximum absolute atomic E-state index is 11.6. The van der Waals surface area contributed by atoms with Gasteiger partial charge in [0.1, 0.15) is 0 Å². The molecule has 122 valence electrons. The number of carboxylic acid groups (broad SMARTS) is 1. The van der Waals surface area contributed by atoms with E-state index in [0.717, 1.165) is 12.1 Å². The minimum atomic E-state index is -0.783. The van der Waals surface area contributed by atoms with E-state index in [1.54, 1.807) is 21.3 Å². The molecule has 0 unspecified atom stereocenters. The van der Waals surface area contributed by atoms with Crippen LogP contribution in [0.1, 0.15) is 11.5 Å². The van der Waals surface area contributed by atoms with Crippen LogP contribution < -0.4 is 9.47 Å². The van der Waals surface area contributed by atoms with Crippen LogP contribution in [0, 0.1) is 5.92 Å². The van der Waals surface area contributed by atoms with Gasteiger partial charge in [-0.15, -0.1) is 0 Å². The monoisotopic (exact) mass is 309 g/mol. The molecule has 1 aliphatic heterocycles. The highest BCUT2D eigenvalue weighted by Gasteiger charge is 2.40. The number of hydrogen-bond donors (Lipinski definition) is 1. The zero-order valence-corrected chi connectivity index (χ0v) is 13.2. The molecule has 0 radical (unpaired) electrons. The molecule has 0 bridgehead atoms. The largest absolute Gasteiger partial charge is 0.493 e. The van der Waals surface area contributed by atoms with Crippen molar-refractivity contribution in [2.75, 3.05) is 47.6 Å². The number of benzene rings is 1. The Hall–Kier alpha value is -1.79. The van der Waals surface area contributed by atoms with Crippen molar-refractivity contribution >= 4 is 5.97 Å². The second-order valence-corrected chi connectivity index (χ2v) is 5.39. The maximum atomic E-state index is 11.6. The molecule has 6 nitrogen and oxygen atoms in total. The fourth-order valence-corrected chi connectivity index (χ4v) is 3.06. The van der Waals surface area contributed by atoms with E-state index in [4.69, 9.17) is 14.2 Å². The van der Waals surface area contributed by atoms with Gasteiger partial charge in [0.05, 0.1) is 26.7 Å². The smallest absolute Gasteiger partial charge is 0.308 e. The molecule has 22 heavy (non-hydrogen) atoms. The summed E-state index contributed by atoms with van der Waals surface area (Å²) in [6.45, 7) is 2.50. The molecule has 0 aromatic heterocycles. The average molecular weight is 309 g/mol. The molecule has 1 aromatic carbocycles. The molecule has 0 aliphatic carbocycles.